The molecule has 6 nitrogen and oxygen atoms in total. The molecule has 97 valence electrons. The molecule has 0 bridgehead atoms. The largest absolute Gasteiger partial charge is 0.475 e. The number of nitrogens with zero attached hydrogens (tertiary/aromatic N) is 2. The summed E-state index contributed by atoms with van der Waals surface area (Å²) in [6.07, 6.45) is 2.69. The summed E-state index contributed by atoms with van der Waals surface area (Å²) in [6, 6.07) is 9.24. The van der Waals surface area contributed by atoms with E-state index in [1.54, 1.807) is 0 Å². The third kappa shape index (κ3) is 3.05. The first kappa shape index (κ1) is 13.0. The number of rotatable bonds is 5. The molecule has 2 rings (SSSR count). The number of primary amides is 1. The number of hydrogen-bond donors (Lipinski definition) is 2. The van der Waals surface area contributed by atoms with E-state index in [0.29, 0.717) is 5.56 Å². The van der Waals surface area contributed by atoms with Gasteiger partial charge in [-0.25, -0.2) is 4.98 Å². The van der Waals surface area contributed by atoms with E-state index < -0.39 is 5.91 Å². The highest BCUT2D eigenvalue weighted by Crippen LogP contribution is 2.26. The van der Waals surface area contributed by atoms with Crippen LogP contribution in [0.5, 0.6) is 5.88 Å². The Kier molecular flexibility index (Phi) is 4.04. The molecule has 1 radical (unpaired) electrons. The molecule has 0 unspecified atom stereocenters. The molecule has 0 aliphatic carbocycles. The van der Waals surface area contributed by atoms with Crippen molar-refractivity contribution in [1.29, 1.82) is 0 Å². The predicted molar refractivity (Wildman–Crippen MR) is 67.4 cm³/mol. The molecule has 19 heavy (non-hydrogen) atoms. The summed E-state index contributed by atoms with van der Waals surface area (Å²) in [7, 11) is 0. The van der Waals surface area contributed by atoms with Crippen molar-refractivity contribution >= 4 is 5.91 Å². The van der Waals surface area contributed by atoms with E-state index in [-0.39, 0.29) is 24.9 Å². The quantitative estimate of drug-likeness (QED) is 0.809. The van der Waals surface area contributed by atoms with E-state index >= 15 is 0 Å². The van der Waals surface area contributed by atoms with Crippen LogP contribution in [0, 0.1) is 6.20 Å². The van der Waals surface area contributed by atoms with Crippen molar-refractivity contribution in [3.63, 3.8) is 0 Å². The minimum atomic E-state index is -0.760. The van der Waals surface area contributed by atoms with Gasteiger partial charge in [0.1, 0.15) is 12.8 Å². The molecule has 1 heterocycles. The van der Waals surface area contributed by atoms with Gasteiger partial charge in [-0.15, -0.1) is 0 Å². The van der Waals surface area contributed by atoms with Gasteiger partial charge in [-0.1, -0.05) is 30.3 Å². The van der Waals surface area contributed by atoms with E-state index in [0.717, 1.165) is 5.56 Å². The first-order chi connectivity index (χ1) is 9.22. The first-order valence-electron chi connectivity index (χ1n) is 5.61. The summed E-state index contributed by atoms with van der Waals surface area (Å²) < 4.78 is 5.29. The highest BCUT2D eigenvalue weighted by molar-refractivity contribution is 5.89. The second-order valence-corrected chi connectivity index (χ2v) is 3.64. The van der Waals surface area contributed by atoms with Gasteiger partial charge in [-0.2, -0.15) is 4.98 Å². The number of nitrogens with two attached hydrogens (primary N) is 1. The normalized spacial score (nSPS) is 10.2. The van der Waals surface area contributed by atoms with Crippen molar-refractivity contribution < 1.29 is 14.6 Å². The Balaban J connectivity index is 2.44. The molecule has 2 aromatic rings. The number of aliphatic hydroxyl groups is 1. The minimum absolute atomic E-state index is 0.0584. The standard InChI is InChI=1S/C13H12N3O3/c14-11(18)12-15-8-10(9-4-2-1-3-5-9)13(16-12)19-7-6-17/h1-5,17H,6-7H2,(H2,14,18). The van der Waals surface area contributed by atoms with E-state index in [9.17, 15) is 4.79 Å². The predicted octanol–water partition coefficient (Wildman–Crippen LogP) is 0.414. The van der Waals surface area contributed by atoms with Gasteiger partial charge in [0.25, 0.3) is 5.91 Å². The summed E-state index contributed by atoms with van der Waals surface area (Å²) in [5.41, 5.74) is 6.42. The molecule has 1 aromatic carbocycles. The summed E-state index contributed by atoms with van der Waals surface area (Å²) in [5.74, 6) is -0.763. The van der Waals surface area contributed by atoms with E-state index in [4.69, 9.17) is 15.6 Å². The molecular formula is C13H12N3O3. The number of ether oxygens (including phenoxy) is 1. The van der Waals surface area contributed by atoms with E-state index in [2.05, 4.69) is 16.2 Å². The Bertz CT molecular complexity index is 573. The maximum absolute atomic E-state index is 11.0. The lowest BCUT2D eigenvalue weighted by Crippen LogP contribution is -2.16. The molecule has 0 fully saturated rings. The topological polar surface area (TPSA) is 98.3 Å². The first-order valence-corrected chi connectivity index (χ1v) is 5.61. The number of carbonyl (C=O) groups is 1. The number of benzene rings is 1. The summed E-state index contributed by atoms with van der Waals surface area (Å²) in [6.45, 7) is -0.104. The van der Waals surface area contributed by atoms with Crippen molar-refractivity contribution in [2.75, 3.05) is 13.2 Å². The Labute approximate surface area is 109 Å². The van der Waals surface area contributed by atoms with Crippen LogP contribution in [0.3, 0.4) is 0 Å². The Hall–Kier alpha value is -2.47. The number of amides is 1. The van der Waals surface area contributed by atoms with Gasteiger partial charge in [-0.3, -0.25) is 4.79 Å². The molecule has 1 amide bonds. The summed E-state index contributed by atoms with van der Waals surface area (Å²) >= 11 is 0. The van der Waals surface area contributed by atoms with E-state index in [1.807, 2.05) is 30.3 Å². The lowest BCUT2D eigenvalue weighted by Gasteiger charge is -2.09. The number of aliphatic hydroxyl groups excluding tert-OH is 1. The second-order valence-electron chi connectivity index (χ2n) is 3.64. The Morgan fingerprint density at radius 1 is 1.37 bits per heavy atom. The van der Waals surface area contributed by atoms with Crippen molar-refractivity contribution in [1.82, 2.24) is 9.97 Å². The second kappa shape index (κ2) is 5.92. The van der Waals surface area contributed by atoms with Crippen LogP contribution < -0.4 is 10.5 Å². The third-order valence-electron chi connectivity index (χ3n) is 2.31. The maximum Gasteiger partial charge on any atom is 0.286 e. The lowest BCUT2D eigenvalue weighted by molar-refractivity contribution is 0.0988. The molecule has 3 N–H and O–H groups in total. The minimum Gasteiger partial charge on any atom is -0.475 e. The van der Waals surface area contributed by atoms with Gasteiger partial charge in [0.05, 0.1) is 12.2 Å². The molecule has 0 spiro atoms. The molecule has 0 saturated heterocycles. The van der Waals surface area contributed by atoms with Gasteiger partial charge >= 0.3 is 0 Å². The van der Waals surface area contributed by atoms with Gasteiger partial charge < -0.3 is 15.6 Å². The smallest absolute Gasteiger partial charge is 0.286 e. The van der Waals surface area contributed by atoms with Gasteiger partial charge in [0.2, 0.25) is 11.7 Å². The zero-order valence-corrected chi connectivity index (χ0v) is 10.0. The van der Waals surface area contributed by atoms with Crippen LogP contribution in [0.15, 0.2) is 30.3 Å². The SMILES string of the molecule is NC(=O)c1n[c]c(-c2ccccc2)c(OCCO)n1. The lowest BCUT2D eigenvalue weighted by atomic mass is 10.1. The van der Waals surface area contributed by atoms with Crippen LogP contribution >= 0.6 is 0 Å². The molecule has 0 saturated carbocycles. The van der Waals surface area contributed by atoms with Crippen LogP contribution in [0.4, 0.5) is 0 Å². The fourth-order valence-electron chi connectivity index (χ4n) is 1.48. The van der Waals surface area contributed by atoms with Crippen LogP contribution in [0.2, 0.25) is 0 Å². The van der Waals surface area contributed by atoms with Gasteiger partial charge in [-0.05, 0) is 5.56 Å². The fourth-order valence-corrected chi connectivity index (χ4v) is 1.48. The molecule has 0 aliphatic heterocycles. The van der Waals surface area contributed by atoms with Crippen molar-refractivity contribution in [3.8, 4) is 17.0 Å². The molecular weight excluding hydrogens is 246 g/mol. The van der Waals surface area contributed by atoms with Crippen molar-refractivity contribution in [2.45, 2.75) is 0 Å². The molecule has 6 heteroatoms. The van der Waals surface area contributed by atoms with Crippen molar-refractivity contribution in [2.24, 2.45) is 5.73 Å². The zero-order chi connectivity index (χ0) is 13.7. The highest BCUT2D eigenvalue weighted by atomic mass is 16.5. The zero-order valence-electron chi connectivity index (χ0n) is 10.0. The van der Waals surface area contributed by atoms with Crippen LogP contribution in [0.1, 0.15) is 10.6 Å². The van der Waals surface area contributed by atoms with E-state index in [1.165, 1.54) is 0 Å². The average Bonchev–Trinajstić information content (AvgIpc) is 2.45. The highest BCUT2D eigenvalue weighted by Gasteiger charge is 2.13. The molecule has 0 aliphatic rings. The maximum atomic E-state index is 11.0. The molecule has 1 aromatic heterocycles. The number of aromatic nitrogens is 2. The number of carbonyl (C=O) groups excluding carboxylic acids is 1. The Morgan fingerprint density at radius 2 is 2.11 bits per heavy atom. The van der Waals surface area contributed by atoms with Crippen molar-refractivity contribution in [3.05, 3.63) is 42.4 Å². The average molecular weight is 258 g/mol. The molecule has 0 atom stereocenters. The van der Waals surface area contributed by atoms with Crippen LogP contribution in [-0.4, -0.2) is 34.2 Å². The van der Waals surface area contributed by atoms with Crippen LogP contribution in [-0.2, 0) is 0 Å². The number of hydrogen-bond acceptors (Lipinski definition) is 5. The fraction of sp³-hybridized carbons (Fsp3) is 0.154. The van der Waals surface area contributed by atoms with Crippen LogP contribution in [0.25, 0.3) is 11.1 Å². The summed E-state index contributed by atoms with van der Waals surface area (Å²) in [5, 5.41) is 8.80. The summed E-state index contributed by atoms with van der Waals surface area (Å²) in [4.78, 5) is 18.8. The Morgan fingerprint density at radius 3 is 2.74 bits per heavy atom. The monoisotopic (exact) mass is 258 g/mol. The van der Waals surface area contributed by atoms with Gasteiger partial charge in [0, 0.05) is 0 Å². The third-order valence-corrected chi connectivity index (χ3v) is 2.31. The van der Waals surface area contributed by atoms with Gasteiger partial charge in [0.15, 0.2) is 0 Å².